The maximum atomic E-state index is 11.5. The van der Waals surface area contributed by atoms with Crippen molar-refractivity contribution in [3.05, 3.63) is 29.8 Å². The van der Waals surface area contributed by atoms with E-state index in [-0.39, 0.29) is 5.78 Å². The Balaban J connectivity index is 2.90. The molecule has 0 aliphatic carbocycles. The predicted octanol–water partition coefficient (Wildman–Crippen LogP) is 2.09. The minimum Gasteiger partial charge on any atom is -0.318 e. The SMILES string of the molecule is CC(Cl)C(=O)c1ccc(N(C)C=O)cc1. The third-order valence-corrected chi connectivity index (χ3v) is 2.28. The molecule has 0 heterocycles. The van der Waals surface area contributed by atoms with Crippen LogP contribution in [0.25, 0.3) is 0 Å². The molecule has 0 aliphatic rings. The van der Waals surface area contributed by atoms with Gasteiger partial charge >= 0.3 is 0 Å². The lowest BCUT2D eigenvalue weighted by Crippen LogP contribution is -2.14. The van der Waals surface area contributed by atoms with E-state index in [9.17, 15) is 9.59 Å². The van der Waals surface area contributed by atoms with Crippen LogP contribution in [0.2, 0.25) is 0 Å². The van der Waals surface area contributed by atoms with Gasteiger partial charge in [-0.3, -0.25) is 9.59 Å². The number of Topliss-reactive ketones (excluding diaryl/α,β-unsaturated/α-hetero) is 1. The summed E-state index contributed by atoms with van der Waals surface area (Å²) in [6.45, 7) is 1.63. The lowest BCUT2D eigenvalue weighted by Gasteiger charge is -2.11. The predicted molar refractivity (Wildman–Crippen MR) is 60.6 cm³/mol. The van der Waals surface area contributed by atoms with E-state index in [1.807, 2.05) is 0 Å². The molecule has 1 aromatic carbocycles. The first-order chi connectivity index (χ1) is 7.06. The van der Waals surface area contributed by atoms with E-state index < -0.39 is 5.38 Å². The zero-order valence-electron chi connectivity index (χ0n) is 8.61. The number of ketones is 1. The molecule has 0 spiro atoms. The van der Waals surface area contributed by atoms with Crippen molar-refractivity contribution < 1.29 is 9.59 Å². The summed E-state index contributed by atoms with van der Waals surface area (Å²) in [5, 5.41) is -0.528. The Hall–Kier alpha value is -1.35. The first kappa shape index (κ1) is 11.7. The Kier molecular flexibility index (Phi) is 3.86. The van der Waals surface area contributed by atoms with Crippen LogP contribution in [-0.4, -0.2) is 24.6 Å². The van der Waals surface area contributed by atoms with E-state index in [1.54, 1.807) is 38.2 Å². The second-order valence-corrected chi connectivity index (χ2v) is 3.90. The van der Waals surface area contributed by atoms with Crippen molar-refractivity contribution in [2.75, 3.05) is 11.9 Å². The highest BCUT2D eigenvalue weighted by Crippen LogP contribution is 2.14. The number of amides is 1. The van der Waals surface area contributed by atoms with Crippen molar-refractivity contribution in [3.8, 4) is 0 Å². The molecule has 0 saturated carbocycles. The highest BCUT2D eigenvalue weighted by atomic mass is 35.5. The van der Waals surface area contributed by atoms with E-state index >= 15 is 0 Å². The van der Waals surface area contributed by atoms with Crippen molar-refractivity contribution >= 4 is 29.5 Å². The third kappa shape index (κ3) is 2.80. The summed E-state index contributed by atoms with van der Waals surface area (Å²) in [4.78, 5) is 23.4. The first-order valence-corrected chi connectivity index (χ1v) is 4.96. The summed E-state index contributed by atoms with van der Waals surface area (Å²) in [7, 11) is 1.65. The minimum atomic E-state index is -0.528. The smallest absolute Gasteiger partial charge is 0.213 e. The van der Waals surface area contributed by atoms with Gasteiger partial charge in [-0.1, -0.05) is 0 Å². The molecule has 15 heavy (non-hydrogen) atoms. The Bertz CT molecular complexity index is 359. The fraction of sp³-hybridized carbons (Fsp3) is 0.273. The second-order valence-electron chi connectivity index (χ2n) is 3.24. The number of carbonyl (C=O) groups excluding carboxylic acids is 2. The van der Waals surface area contributed by atoms with Gasteiger partial charge in [0, 0.05) is 18.3 Å². The number of rotatable bonds is 4. The first-order valence-electron chi connectivity index (χ1n) is 4.52. The normalized spacial score (nSPS) is 11.9. The van der Waals surface area contributed by atoms with Gasteiger partial charge in [-0.15, -0.1) is 11.6 Å². The van der Waals surface area contributed by atoms with Crippen LogP contribution in [0.5, 0.6) is 0 Å². The van der Waals surface area contributed by atoms with Crippen LogP contribution in [0.3, 0.4) is 0 Å². The number of benzene rings is 1. The van der Waals surface area contributed by atoms with Gasteiger partial charge in [0.25, 0.3) is 0 Å². The molecule has 0 aliphatic heterocycles. The van der Waals surface area contributed by atoms with Gasteiger partial charge in [-0.2, -0.15) is 0 Å². The van der Waals surface area contributed by atoms with Gasteiger partial charge in [0.15, 0.2) is 5.78 Å². The van der Waals surface area contributed by atoms with Crippen LogP contribution >= 0.6 is 11.6 Å². The van der Waals surface area contributed by atoms with Crippen LogP contribution in [0, 0.1) is 0 Å². The lowest BCUT2D eigenvalue weighted by molar-refractivity contribution is -0.107. The van der Waals surface area contributed by atoms with E-state index in [2.05, 4.69) is 0 Å². The number of anilines is 1. The number of carbonyl (C=O) groups is 2. The number of hydrogen-bond acceptors (Lipinski definition) is 2. The number of nitrogens with zero attached hydrogens (tertiary/aromatic N) is 1. The molecular formula is C11H12ClNO2. The van der Waals surface area contributed by atoms with Crippen molar-refractivity contribution in [1.29, 1.82) is 0 Å². The van der Waals surface area contributed by atoms with E-state index in [4.69, 9.17) is 11.6 Å². The lowest BCUT2D eigenvalue weighted by atomic mass is 10.1. The summed E-state index contributed by atoms with van der Waals surface area (Å²) < 4.78 is 0. The second kappa shape index (κ2) is 4.94. The van der Waals surface area contributed by atoms with Crippen LogP contribution in [-0.2, 0) is 4.79 Å². The van der Waals surface area contributed by atoms with Gasteiger partial charge in [-0.05, 0) is 31.2 Å². The van der Waals surface area contributed by atoms with Crippen LogP contribution in [0.4, 0.5) is 5.69 Å². The van der Waals surface area contributed by atoms with Crippen molar-refractivity contribution in [1.82, 2.24) is 0 Å². The summed E-state index contributed by atoms with van der Waals surface area (Å²) >= 11 is 5.68. The summed E-state index contributed by atoms with van der Waals surface area (Å²) in [6.07, 6.45) is 0.709. The highest BCUT2D eigenvalue weighted by Gasteiger charge is 2.11. The van der Waals surface area contributed by atoms with E-state index in [1.165, 1.54) is 4.90 Å². The molecule has 4 heteroatoms. The molecule has 3 nitrogen and oxygen atoms in total. The maximum Gasteiger partial charge on any atom is 0.213 e. The van der Waals surface area contributed by atoms with Gasteiger partial charge in [0.05, 0.1) is 5.38 Å². The zero-order valence-corrected chi connectivity index (χ0v) is 9.36. The Morgan fingerprint density at radius 1 is 1.40 bits per heavy atom. The molecule has 1 aromatic rings. The summed E-state index contributed by atoms with van der Waals surface area (Å²) in [5.74, 6) is -0.114. The van der Waals surface area contributed by atoms with Crippen LogP contribution in [0.15, 0.2) is 24.3 Å². The quantitative estimate of drug-likeness (QED) is 0.447. The fourth-order valence-corrected chi connectivity index (χ4v) is 1.28. The molecule has 0 saturated heterocycles. The highest BCUT2D eigenvalue weighted by molar-refractivity contribution is 6.33. The minimum absolute atomic E-state index is 0.114. The molecular weight excluding hydrogens is 214 g/mol. The number of hydrogen-bond donors (Lipinski definition) is 0. The molecule has 1 amide bonds. The van der Waals surface area contributed by atoms with E-state index in [0.29, 0.717) is 12.0 Å². The molecule has 0 fully saturated rings. The fourth-order valence-electron chi connectivity index (χ4n) is 1.15. The molecule has 80 valence electrons. The molecule has 0 N–H and O–H groups in total. The van der Waals surface area contributed by atoms with Crippen molar-refractivity contribution in [2.45, 2.75) is 12.3 Å². The van der Waals surface area contributed by atoms with Gasteiger partial charge in [-0.25, -0.2) is 0 Å². The maximum absolute atomic E-state index is 11.5. The largest absolute Gasteiger partial charge is 0.318 e. The van der Waals surface area contributed by atoms with Crippen LogP contribution < -0.4 is 4.90 Å². The standard InChI is InChI=1S/C11H12ClNO2/c1-8(12)11(15)9-3-5-10(6-4-9)13(2)7-14/h3-8H,1-2H3. The number of halogens is 1. The average Bonchev–Trinajstić information content (AvgIpc) is 2.27. The van der Waals surface area contributed by atoms with Crippen molar-refractivity contribution in [3.63, 3.8) is 0 Å². The zero-order chi connectivity index (χ0) is 11.4. The summed E-state index contributed by atoms with van der Waals surface area (Å²) in [6, 6.07) is 6.74. The van der Waals surface area contributed by atoms with Gasteiger partial charge in [0.1, 0.15) is 0 Å². The average molecular weight is 226 g/mol. The number of alkyl halides is 1. The molecule has 0 bridgehead atoms. The molecule has 1 atom stereocenters. The van der Waals surface area contributed by atoms with E-state index in [0.717, 1.165) is 5.69 Å². The molecule has 0 aromatic heterocycles. The topological polar surface area (TPSA) is 37.4 Å². The monoisotopic (exact) mass is 225 g/mol. The molecule has 0 radical (unpaired) electrons. The molecule has 1 rings (SSSR count). The Labute approximate surface area is 93.6 Å². The molecule has 1 unspecified atom stereocenters. The summed E-state index contributed by atoms with van der Waals surface area (Å²) in [5.41, 5.74) is 1.30. The Morgan fingerprint density at radius 3 is 2.33 bits per heavy atom. The van der Waals surface area contributed by atoms with Gasteiger partial charge in [0.2, 0.25) is 6.41 Å². The van der Waals surface area contributed by atoms with Crippen molar-refractivity contribution in [2.24, 2.45) is 0 Å². The van der Waals surface area contributed by atoms with Gasteiger partial charge < -0.3 is 4.90 Å². The van der Waals surface area contributed by atoms with Crippen LogP contribution in [0.1, 0.15) is 17.3 Å². The Morgan fingerprint density at radius 2 is 1.93 bits per heavy atom. The third-order valence-electron chi connectivity index (χ3n) is 2.08.